The zero-order valence-electron chi connectivity index (χ0n) is 13.5. The Morgan fingerprint density at radius 1 is 0.917 bits per heavy atom. The van der Waals surface area contributed by atoms with Gasteiger partial charge in [0.05, 0.1) is 0 Å². The summed E-state index contributed by atoms with van der Waals surface area (Å²) >= 11 is -0.556. The number of likely N-dealkylation sites (tertiary alicyclic amines) is 1. The van der Waals surface area contributed by atoms with Gasteiger partial charge in [0, 0.05) is 11.8 Å². The van der Waals surface area contributed by atoms with Crippen LogP contribution in [-0.2, 0) is 23.6 Å². The molecule has 1 unspecified atom stereocenters. The number of nitrogens with zero attached hydrogens (tertiary/aromatic N) is 1. The summed E-state index contributed by atoms with van der Waals surface area (Å²) in [5.74, 6) is 0.406. The van der Waals surface area contributed by atoms with Crippen LogP contribution < -0.4 is 10.6 Å². The number of piperidine rings is 1. The van der Waals surface area contributed by atoms with Gasteiger partial charge in [0.2, 0.25) is 0 Å². The molecule has 1 saturated heterocycles. The second kappa shape index (κ2) is 11.5. The molecule has 1 heterocycles. The van der Waals surface area contributed by atoms with E-state index >= 15 is 0 Å². The zero-order chi connectivity index (χ0) is 17.2. The van der Waals surface area contributed by atoms with Crippen molar-refractivity contribution in [1.82, 2.24) is 4.90 Å². The van der Waals surface area contributed by atoms with E-state index < -0.39 is 17.0 Å². The second-order valence-electron chi connectivity index (χ2n) is 5.71. The standard InChI is InChI=1S/C18H22NOP.2ClH.Ti/c20-16-9-3-5-11-18(16)21-17-10-4-2-8-15(17)14-19-12-6-1-7-13-19;;;/h2-5,8-11,20-21H,1,6-7,12-14H2;2*1H;/q;;;+2/p-2. The normalized spacial score (nSPS) is 15.1. The van der Waals surface area contributed by atoms with Crippen molar-refractivity contribution in [3.63, 3.8) is 0 Å². The molecule has 0 bridgehead atoms. The Hall–Kier alpha value is -0.0757. The van der Waals surface area contributed by atoms with E-state index in [2.05, 4.69) is 29.2 Å². The number of halogens is 2. The van der Waals surface area contributed by atoms with Gasteiger partial charge in [-0.2, -0.15) is 0 Å². The number of para-hydroxylation sites is 1. The van der Waals surface area contributed by atoms with Crippen LogP contribution in [0.15, 0.2) is 48.5 Å². The molecule has 0 amide bonds. The Bertz CT molecular complexity index is 623. The van der Waals surface area contributed by atoms with E-state index in [0.29, 0.717) is 14.3 Å². The van der Waals surface area contributed by atoms with Crippen molar-refractivity contribution in [3.8, 4) is 5.75 Å². The van der Waals surface area contributed by atoms with Gasteiger partial charge in [-0.3, -0.25) is 4.90 Å². The molecule has 2 nitrogen and oxygen atoms in total. The summed E-state index contributed by atoms with van der Waals surface area (Å²) in [5.41, 5.74) is 1.40. The summed E-state index contributed by atoms with van der Waals surface area (Å²) in [5, 5.41) is 12.4. The van der Waals surface area contributed by atoms with Crippen LogP contribution in [0, 0.1) is 0 Å². The van der Waals surface area contributed by atoms with Crippen LogP contribution in [0.4, 0.5) is 0 Å². The first kappa shape index (κ1) is 20.2. The predicted molar refractivity (Wildman–Crippen MR) is 103 cm³/mol. The quantitative estimate of drug-likeness (QED) is 0.589. The van der Waals surface area contributed by atoms with E-state index in [1.807, 2.05) is 18.2 Å². The van der Waals surface area contributed by atoms with Crippen LogP contribution in [0.2, 0.25) is 0 Å². The SMILES string of the molecule is Oc1ccccc1Pc1ccccc1CN1CCCCC1.[Cl][Ti][Cl]. The Morgan fingerprint density at radius 3 is 2.17 bits per heavy atom. The minimum absolute atomic E-state index is 0.406. The van der Waals surface area contributed by atoms with Gasteiger partial charge >= 0.3 is 35.6 Å². The molecule has 24 heavy (non-hydrogen) atoms. The van der Waals surface area contributed by atoms with Gasteiger partial charge in [0.1, 0.15) is 5.75 Å². The molecule has 3 rings (SSSR count). The van der Waals surface area contributed by atoms with Crippen LogP contribution in [0.25, 0.3) is 0 Å². The summed E-state index contributed by atoms with van der Waals surface area (Å²) in [6.07, 6.45) is 4.02. The van der Waals surface area contributed by atoms with Crippen LogP contribution in [-0.4, -0.2) is 23.1 Å². The number of benzene rings is 2. The molecule has 0 spiro atoms. The third kappa shape index (κ3) is 6.67. The Balaban J connectivity index is 0.000000647. The molecule has 128 valence electrons. The fourth-order valence-corrected chi connectivity index (χ4v) is 4.05. The Labute approximate surface area is 163 Å². The van der Waals surface area contributed by atoms with Crippen molar-refractivity contribution in [2.75, 3.05) is 13.1 Å². The molecule has 1 N–H and O–H groups in total. The Kier molecular flexibility index (Phi) is 9.72. The molecule has 0 radical (unpaired) electrons. The molecule has 2 aromatic rings. The van der Waals surface area contributed by atoms with Crippen molar-refractivity contribution in [2.45, 2.75) is 25.8 Å². The number of hydrogen-bond donors (Lipinski definition) is 1. The Morgan fingerprint density at radius 2 is 1.50 bits per heavy atom. The van der Waals surface area contributed by atoms with E-state index in [-0.39, 0.29) is 0 Å². The molecule has 2 aromatic carbocycles. The second-order valence-corrected chi connectivity index (χ2v) is 9.61. The minimum atomic E-state index is -0.556. The molecular formula is C18H22Cl2NOPTi. The van der Waals surface area contributed by atoms with Crippen LogP contribution in [0.5, 0.6) is 5.75 Å². The van der Waals surface area contributed by atoms with Gasteiger partial charge in [-0.25, -0.2) is 0 Å². The maximum absolute atomic E-state index is 9.98. The van der Waals surface area contributed by atoms with Crippen LogP contribution in [0.3, 0.4) is 0 Å². The van der Waals surface area contributed by atoms with E-state index in [4.69, 9.17) is 18.6 Å². The molecule has 1 aliphatic rings. The molecular weight excluding hydrogens is 396 g/mol. The van der Waals surface area contributed by atoms with Crippen molar-refractivity contribution in [1.29, 1.82) is 0 Å². The molecule has 1 fully saturated rings. The number of rotatable bonds is 4. The number of phenols is 1. The van der Waals surface area contributed by atoms with Gasteiger partial charge in [-0.05, 0) is 42.9 Å². The maximum atomic E-state index is 9.98. The predicted octanol–water partition coefficient (Wildman–Crippen LogP) is 4.38. The van der Waals surface area contributed by atoms with Crippen molar-refractivity contribution in [3.05, 3.63) is 54.1 Å². The third-order valence-corrected chi connectivity index (χ3v) is 5.48. The summed E-state index contributed by atoms with van der Waals surface area (Å²) in [6, 6.07) is 16.3. The van der Waals surface area contributed by atoms with Crippen molar-refractivity contribution >= 4 is 37.8 Å². The molecule has 0 aromatic heterocycles. The first-order valence-corrected chi connectivity index (χ1v) is 13.4. The van der Waals surface area contributed by atoms with Gasteiger partial charge in [-0.1, -0.05) is 57.5 Å². The number of aromatic hydroxyl groups is 1. The molecule has 1 aliphatic heterocycles. The van der Waals surface area contributed by atoms with Gasteiger partial charge < -0.3 is 5.11 Å². The van der Waals surface area contributed by atoms with E-state index in [1.54, 1.807) is 6.07 Å². The van der Waals surface area contributed by atoms with Crippen molar-refractivity contribution < 1.29 is 22.1 Å². The number of phenolic OH excluding ortho intramolecular Hbond substituents is 1. The first-order chi connectivity index (χ1) is 11.7. The fourth-order valence-electron chi connectivity index (χ4n) is 2.86. The van der Waals surface area contributed by atoms with E-state index in [9.17, 15) is 5.11 Å². The molecule has 1 atom stereocenters. The zero-order valence-corrected chi connectivity index (χ0v) is 17.6. The average Bonchev–Trinajstić information content (AvgIpc) is 2.60. The summed E-state index contributed by atoms with van der Waals surface area (Å²) in [7, 11) is 10.3. The summed E-state index contributed by atoms with van der Waals surface area (Å²) < 4.78 is 0. The van der Waals surface area contributed by atoms with Gasteiger partial charge in [0.25, 0.3) is 0 Å². The van der Waals surface area contributed by atoms with Gasteiger partial charge in [-0.15, -0.1) is 0 Å². The number of hydrogen-bond acceptors (Lipinski definition) is 2. The topological polar surface area (TPSA) is 23.5 Å². The van der Waals surface area contributed by atoms with Crippen LogP contribution in [0.1, 0.15) is 24.8 Å². The monoisotopic (exact) mass is 417 g/mol. The molecule has 0 aliphatic carbocycles. The summed E-state index contributed by atoms with van der Waals surface area (Å²) in [4.78, 5) is 2.55. The molecule has 0 saturated carbocycles. The fraction of sp³-hybridized carbons (Fsp3) is 0.333. The third-order valence-electron chi connectivity index (χ3n) is 4.03. The van der Waals surface area contributed by atoms with Crippen molar-refractivity contribution in [2.24, 2.45) is 0 Å². The molecule has 6 heteroatoms. The van der Waals surface area contributed by atoms with Crippen LogP contribution >= 0.6 is 27.2 Å². The van der Waals surface area contributed by atoms with Gasteiger partial charge in [0.15, 0.2) is 0 Å². The average molecular weight is 418 g/mol. The first-order valence-electron chi connectivity index (χ1n) is 8.06. The van der Waals surface area contributed by atoms with E-state index in [1.165, 1.54) is 43.2 Å². The van der Waals surface area contributed by atoms with E-state index in [0.717, 1.165) is 11.8 Å². The summed E-state index contributed by atoms with van der Waals surface area (Å²) in [6.45, 7) is 3.47.